The Hall–Kier alpha value is -7.26. The molecule has 1 aromatic heterocycles. The van der Waals surface area contributed by atoms with Gasteiger partial charge in [0.25, 0.3) is 0 Å². The maximum Gasteiger partial charge on any atom is 0.0462 e. The fraction of sp³-hybridized carbons (Fsp3) is 0. The summed E-state index contributed by atoms with van der Waals surface area (Å²) in [6, 6.07) is 81.9. The van der Waals surface area contributed by atoms with Crippen molar-refractivity contribution in [1.82, 2.24) is 0 Å². The number of nitrogens with zero attached hydrogens (tertiary/aromatic N) is 1. The van der Waals surface area contributed by atoms with E-state index in [9.17, 15) is 0 Å². The molecule has 0 aliphatic rings. The Morgan fingerprint density at radius 3 is 1.50 bits per heavy atom. The van der Waals surface area contributed by atoms with Gasteiger partial charge in [0.1, 0.15) is 0 Å². The molecule has 0 fully saturated rings. The minimum atomic E-state index is 1.10. The van der Waals surface area contributed by atoms with Gasteiger partial charge >= 0.3 is 0 Å². The number of benzene rings is 10. The third-order valence-corrected chi connectivity index (χ3v) is 12.6. The topological polar surface area (TPSA) is 3.24 Å². The molecule has 1 heterocycles. The van der Waals surface area contributed by atoms with Gasteiger partial charge in [-0.15, -0.1) is 11.3 Å². The molecule has 10 aromatic carbocycles. The Bertz CT molecular complexity index is 3260. The van der Waals surface area contributed by atoms with Gasteiger partial charge in [0, 0.05) is 37.2 Å². The second kappa shape index (κ2) is 14.4. The first kappa shape index (κ1) is 34.0. The molecule has 0 saturated heterocycles. The molecular weight excluding hydrogens is 719 g/mol. The van der Waals surface area contributed by atoms with Gasteiger partial charge in [-0.3, -0.25) is 0 Å². The molecule has 0 spiro atoms. The molecule has 0 N–H and O–H groups in total. The van der Waals surface area contributed by atoms with Crippen molar-refractivity contribution in [3.05, 3.63) is 224 Å². The number of fused-ring (bicyclic) bond motifs is 5. The van der Waals surface area contributed by atoms with Crippen molar-refractivity contribution in [1.29, 1.82) is 0 Å². The monoisotopic (exact) mass is 755 g/mol. The van der Waals surface area contributed by atoms with Crippen molar-refractivity contribution in [2.75, 3.05) is 4.90 Å². The molecule has 0 aliphatic heterocycles. The lowest BCUT2D eigenvalue weighted by Gasteiger charge is -2.26. The number of thiophene rings is 1. The minimum Gasteiger partial charge on any atom is -0.311 e. The zero-order chi connectivity index (χ0) is 38.4. The van der Waals surface area contributed by atoms with Crippen molar-refractivity contribution in [3.8, 4) is 44.5 Å². The number of hydrogen-bond donors (Lipinski definition) is 0. The van der Waals surface area contributed by atoms with E-state index in [0.29, 0.717) is 0 Å². The van der Waals surface area contributed by atoms with E-state index in [0.717, 1.165) is 17.1 Å². The Balaban J connectivity index is 0.973. The van der Waals surface area contributed by atoms with Crippen LogP contribution in [0.1, 0.15) is 0 Å². The molecule has 2 heteroatoms. The Kier molecular flexibility index (Phi) is 8.42. The summed E-state index contributed by atoms with van der Waals surface area (Å²) >= 11 is 1.86. The third kappa shape index (κ3) is 6.12. The predicted octanol–water partition coefficient (Wildman–Crippen LogP) is 16.5. The van der Waals surface area contributed by atoms with E-state index in [4.69, 9.17) is 0 Å². The number of hydrogen-bond acceptors (Lipinski definition) is 2. The average Bonchev–Trinajstić information content (AvgIpc) is 3.69. The summed E-state index contributed by atoms with van der Waals surface area (Å²) in [5.74, 6) is 0. The standard InChI is InChI=1S/C56H37NS/c1-2-12-43-37-46(23-22-38(43)10-1)45-15-7-14-44(36-45)39-24-30-47(31-25-39)57(48-32-26-41(27-33-48)51-18-8-13-40-11-3-4-16-50(40)51)49-34-28-42(29-35-49)52-19-9-21-55-56(52)53-17-5-6-20-54(53)58-55/h1-37H. The molecule has 58 heavy (non-hydrogen) atoms. The maximum absolute atomic E-state index is 2.37. The van der Waals surface area contributed by atoms with Gasteiger partial charge < -0.3 is 4.90 Å². The van der Waals surface area contributed by atoms with E-state index in [-0.39, 0.29) is 0 Å². The highest BCUT2D eigenvalue weighted by Crippen LogP contribution is 2.42. The number of rotatable bonds is 7. The highest BCUT2D eigenvalue weighted by molar-refractivity contribution is 7.25. The summed E-state index contributed by atoms with van der Waals surface area (Å²) in [7, 11) is 0. The van der Waals surface area contributed by atoms with Gasteiger partial charge in [-0.05, 0) is 127 Å². The van der Waals surface area contributed by atoms with E-state index in [1.165, 1.54) is 86.2 Å². The highest BCUT2D eigenvalue weighted by atomic mass is 32.1. The molecule has 0 amide bonds. The van der Waals surface area contributed by atoms with Crippen molar-refractivity contribution in [2.45, 2.75) is 0 Å². The summed E-state index contributed by atoms with van der Waals surface area (Å²) < 4.78 is 2.64. The van der Waals surface area contributed by atoms with E-state index >= 15 is 0 Å². The van der Waals surface area contributed by atoms with Gasteiger partial charge in [-0.25, -0.2) is 0 Å². The molecule has 272 valence electrons. The van der Waals surface area contributed by atoms with Crippen LogP contribution in [0, 0.1) is 0 Å². The maximum atomic E-state index is 2.37. The lowest BCUT2D eigenvalue weighted by Crippen LogP contribution is -2.09. The van der Waals surface area contributed by atoms with E-state index < -0.39 is 0 Å². The molecule has 0 unspecified atom stereocenters. The molecular formula is C56H37NS. The van der Waals surface area contributed by atoms with Crippen LogP contribution in [0.25, 0.3) is 86.2 Å². The van der Waals surface area contributed by atoms with Crippen molar-refractivity contribution in [2.24, 2.45) is 0 Å². The van der Waals surface area contributed by atoms with Crippen LogP contribution in [0.3, 0.4) is 0 Å². The lowest BCUT2D eigenvalue weighted by atomic mass is 9.97. The predicted molar refractivity (Wildman–Crippen MR) is 251 cm³/mol. The fourth-order valence-electron chi connectivity index (χ4n) is 8.57. The summed E-state index contributed by atoms with van der Waals surface area (Å²) in [5, 5.41) is 7.67. The van der Waals surface area contributed by atoms with Crippen LogP contribution in [-0.4, -0.2) is 0 Å². The van der Waals surface area contributed by atoms with Crippen molar-refractivity contribution in [3.63, 3.8) is 0 Å². The van der Waals surface area contributed by atoms with E-state index in [1.54, 1.807) is 0 Å². The summed E-state index contributed by atoms with van der Waals surface area (Å²) in [5.41, 5.74) is 13.1. The molecule has 0 bridgehead atoms. The van der Waals surface area contributed by atoms with E-state index in [2.05, 4.69) is 229 Å². The van der Waals surface area contributed by atoms with Gasteiger partial charge in [-0.2, -0.15) is 0 Å². The average molecular weight is 756 g/mol. The fourth-order valence-corrected chi connectivity index (χ4v) is 9.70. The molecule has 1 nitrogen and oxygen atoms in total. The Morgan fingerprint density at radius 1 is 0.276 bits per heavy atom. The van der Waals surface area contributed by atoms with Gasteiger partial charge in [0.05, 0.1) is 0 Å². The van der Waals surface area contributed by atoms with Crippen LogP contribution in [0.4, 0.5) is 17.1 Å². The first-order chi connectivity index (χ1) is 28.7. The Labute approximate surface area is 342 Å². The summed E-state index contributed by atoms with van der Waals surface area (Å²) in [6.45, 7) is 0. The van der Waals surface area contributed by atoms with Crippen LogP contribution < -0.4 is 4.90 Å². The molecule has 0 saturated carbocycles. The van der Waals surface area contributed by atoms with Crippen LogP contribution >= 0.6 is 11.3 Å². The smallest absolute Gasteiger partial charge is 0.0462 e. The highest BCUT2D eigenvalue weighted by Gasteiger charge is 2.16. The van der Waals surface area contributed by atoms with Gasteiger partial charge in [0.2, 0.25) is 0 Å². The normalized spacial score (nSPS) is 11.4. The van der Waals surface area contributed by atoms with Crippen LogP contribution in [0.5, 0.6) is 0 Å². The second-order valence-corrected chi connectivity index (χ2v) is 16.0. The quantitative estimate of drug-likeness (QED) is 0.157. The van der Waals surface area contributed by atoms with Crippen LogP contribution in [0.2, 0.25) is 0 Å². The van der Waals surface area contributed by atoms with Crippen LogP contribution in [0.15, 0.2) is 224 Å². The lowest BCUT2D eigenvalue weighted by molar-refractivity contribution is 1.28. The zero-order valence-corrected chi connectivity index (χ0v) is 32.5. The molecule has 0 aliphatic carbocycles. The van der Waals surface area contributed by atoms with Crippen LogP contribution in [-0.2, 0) is 0 Å². The SMILES string of the molecule is c1cc(-c2ccc(N(c3ccc(-c4cccc5ccccc45)cc3)c3ccc(-c4cccc5sc6ccccc6c45)cc3)cc2)cc(-c2ccc3ccccc3c2)c1. The molecule has 0 radical (unpaired) electrons. The van der Waals surface area contributed by atoms with Gasteiger partial charge in [-0.1, -0.05) is 164 Å². The Morgan fingerprint density at radius 2 is 0.759 bits per heavy atom. The second-order valence-electron chi connectivity index (χ2n) is 14.9. The summed E-state index contributed by atoms with van der Waals surface area (Å²) in [4.78, 5) is 2.37. The first-order valence-electron chi connectivity index (χ1n) is 19.8. The zero-order valence-electron chi connectivity index (χ0n) is 31.7. The summed E-state index contributed by atoms with van der Waals surface area (Å²) in [6.07, 6.45) is 0. The third-order valence-electron chi connectivity index (χ3n) is 11.5. The molecule has 0 atom stereocenters. The number of anilines is 3. The van der Waals surface area contributed by atoms with Gasteiger partial charge in [0.15, 0.2) is 0 Å². The largest absolute Gasteiger partial charge is 0.311 e. The van der Waals surface area contributed by atoms with Crippen molar-refractivity contribution < 1.29 is 0 Å². The van der Waals surface area contributed by atoms with E-state index in [1.807, 2.05) is 11.3 Å². The minimum absolute atomic E-state index is 1.10. The molecule has 11 aromatic rings. The first-order valence-corrected chi connectivity index (χ1v) is 20.6. The molecule has 11 rings (SSSR count). The van der Waals surface area contributed by atoms with Crippen molar-refractivity contribution >= 4 is 70.1 Å².